The summed E-state index contributed by atoms with van der Waals surface area (Å²) in [4.78, 5) is 25.3. The summed E-state index contributed by atoms with van der Waals surface area (Å²) >= 11 is 0. The number of hydrogen-bond donors (Lipinski definition) is 1. The average molecular weight is 304 g/mol. The molecule has 0 aromatic heterocycles. The fourth-order valence-electron chi connectivity index (χ4n) is 2.71. The summed E-state index contributed by atoms with van der Waals surface area (Å²) in [6.45, 7) is 1.68. The van der Waals surface area contributed by atoms with Crippen molar-refractivity contribution in [2.75, 3.05) is 31.6 Å². The van der Waals surface area contributed by atoms with Crippen LogP contribution in [0.3, 0.4) is 0 Å². The molecule has 1 fully saturated rings. The minimum atomic E-state index is -0.190. The highest BCUT2D eigenvalue weighted by Gasteiger charge is 2.18. The van der Waals surface area contributed by atoms with Gasteiger partial charge in [0.2, 0.25) is 0 Å². The molecule has 118 valence electrons. The van der Waals surface area contributed by atoms with Crippen LogP contribution in [0.1, 0.15) is 25.7 Å². The van der Waals surface area contributed by atoms with Gasteiger partial charge in [-0.2, -0.15) is 0 Å². The second kappa shape index (κ2) is 6.68. The van der Waals surface area contributed by atoms with Crippen molar-refractivity contribution in [1.29, 1.82) is 0 Å². The molecule has 2 heterocycles. The van der Waals surface area contributed by atoms with Crippen molar-refractivity contribution < 1.29 is 19.1 Å². The van der Waals surface area contributed by atoms with Crippen molar-refractivity contribution >= 4 is 17.5 Å². The van der Waals surface area contributed by atoms with Crippen LogP contribution in [0.25, 0.3) is 0 Å². The third-order valence-electron chi connectivity index (χ3n) is 3.90. The molecule has 22 heavy (non-hydrogen) atoms. The summed E-state index contributed by atoms with van der Waals surface area (Å²) in [7, 11) is 0. The minimum Gasteiger partial charge on any atom is -0.484 e. The zero-order valence-corrected chi connectivity index (χ0v) is 12.5. The lowest BCUT2D eigenvalue weighted by atomic mass is 10.2. The molecule has 3 rings (SSSR count). The number of carbonyl (C=O) groups is 2. The monoisotopic (exact) mass is 304 g/mol. The van der Waals surface area contributed by atoms with Gasteiger partial charge in [0.15, 0.2) is 13.2 Å². The highest BCUT2D eigenvalue weighted by Crippen LogP contribution is 2.31. The number of nitrogens with zero attached hydrogens (tertiary/aromatic N) is 1. The lowest BCUT2D eigenvalue weighted by molar-refractivity contribution is -0.133. The maximum absolute atomic E-state index is 12.2. The fraction of sp³-hybridized carbons (Fsp3) is 0.500. The smallest absolute Gasteiger partial charge is 0.262 e. The zero-order chi connectivity index (χ0) is 15.4. The zero-order valence-electron chi connectivity index (χ0n) is 12.5. The molecule has 1 N–H and O–H groups in total. The summed E-state index contributed by atoms with van der Waals surface area (Å²) in [5, 5.41) is 2.72. The molecular formula is C16H20N2O4. The fourth-order valence-corrected chi connectivity index (χ4v) is 2.71. The van der Waals surface area contributed by atoms with Crippen LogP contribution in [0.5, 0.6) is 11.5 Å². The Balaban J connectivity index is 1.58. The summed E-state index contributed by atoms with van der Waals surface area (Å²) in [5.41, 5.74) is 0.580. The Morgan fingerprint density at radius 1 is 1.23 bits per heavy atom. The van der Waals surface area contributed by atoms with E-state index in [1.165, 1.54) is 12.8 Å². The first-order valence-electron chi connectivity index (χ1n) is 7.70. The number of fused-ring (bicyclic) bond motifs is 1. The molecule has 2 aliphatic heterocycles. The second-order valence-corrected chi connectivity index (χ2v) is 5.58. The number of amides is 2. The summed E-state index contributed by atoms with van der Waals surface area (Å²) in [6.07, 6.45) is 4.51. The molecule has 2 amide bonds. The van der Waals surface area contributed by atoms with Crippen molar-refractivity contribution in [3.05, 3.63) is 18.2 Å². The normalized spacial score (nSPS) is 17.8. The van der Waals surface area contributed by atoms with Crippen molar-refractivity contribution in [1.82, 2.24) is 4.90 Å². The van der Waals surface area contributed by atoms with E-state index in [0.717, 1.165) is 25.9 Å². The van der Waals surface area contributed by atoms with Gasteiger partial charge in [-0.25, -0.2) is 0 Å². The lowest BCUT2D eigenvalue weighted by Crippen LogP contribution is -2.35. The Bertz CT molecular complexity index is 565. The summed E-state index contributed by atoms with van der Waals surface area (Å²) < 4.78 is 10.8. The topological polar surface area (TPSA) is 67.9 Å². The predicted octanol–water partition coefficient (Wildman–Crippen LogP) is 1.80. The Labute approximate surface area is 129 Å². The Morgan fingerprint density at radius 2 is 2.00 bits per heavy atom. The van der Waals surface area contributed by atoms with E-state index in [9.17, 15) is 9.59 Å². The molecule has 0 spiro atoms. The number of hydrogen-bond acceptors (Lipinski definition) is 4. The Kier molecular flexibility index (Phi) is 4.46. The van der Waals surface area contributed by atoms with E-state index in [2.05, 4.69) is 5.32 Å². The third kappa shape index (κ3) is 3.50. The van der Waals surface area contributed by atoms with Gasteiger partial charge in [0.05, 0.1) is 5.69 Å². The second-order valence-electron chi connectivity index (χ2n) is 5.58. The van der Waals surface area contributed by atoms with E-state index >= 15 is 0 Å². The molecule has 0 aliphatic carbocycles. The first-order chi connectivity index (χ1) is 10.7. The number of likely N-dealkylation sites (tertiary alicyclic amines) is 1. The standard InChI is InChI=1S/C16H20N2O4/c19-15-10-22-14-6-5-12(9-13(14)17-15)21-11-16(20)18-7-3-1-2-4-8-18/h5-6,9H,1-4,7-8,10-11H2,(H,17,19). The van der Waals surface area contributed by atoms with Gasteiger partial charge in [0, 0.05) is 19.2 Å². The molecule has 0 radical (unpaired) electrons. The van der Waals surface area contributed by atoms with E-state index < -0.39 is 0 Å². The van der Waals surface area contributed by atoms with Crippen molar-refractivity contribution in [3.8, 4) is 11.5 Å². The number of ether oxygens (including phenoxy) is 2. The van der Waals surface area contributed by atoms with Gasteiger partial charge in [0.1, 0.15) is 11.5 Å². The van der Waals surface area contributed by atoms with Crippen LogP contribution >= 0.6 is 0 Å². The molecule has 0 atom stereocenters. The molecule has 0 unspecified atom stereocenters. The number of rotatable bonds is 3. The van der Waals surface area contributed by atoms with E-state index in [-0.39, 0.29) is 25.0 Å². The average Bonchev–Trinajstić information content (AvgIpc) is 2.81. The number of carbonyl (C=O) groups excluding carboxylic acids is 2. The molecule has 0 bridgehead atoms. The van der Waals surface area contributed by atoms with Crippen molar-refractivity contribution in [2.24, 2.45) is 0 Å². The summed E-state index contributed by atoms with van der Waals surface area (Å²) in [5.74, 6) is 0.990. The lowest BCUT2D eigenvalue weighted by Gasteiger charge is -2.21. The van der Waals surface area contributed by atoms with Crippen LogP contribution in [0.4, 0.5) is 5.69 Å². The van der Waals surface area contributed by atoms with Gasteiger partial charge in [-0.15, -0.1) is 0 Å². The predicted molar refractivity (Wildman–Crippen MR) is 81.1 cm³/mol. The van der Waals surface area contributed by atoms with Crippen LogP contribution in [-0.4, -0.2) is 43.0 Å². The van der Waals surface area contributed by atoms with Gasteiger partial charge >= 0.3 is 0 Å². The molecule has 1 saturated heterocycles. The van der Waals surface area contributed by atoms with Gasteiger partial charge < -0.3 is 19.7 Å². The van der Waals surface area contributed by atoms with Crippen LogP contribution in [0, 0.1) is 0 Å². The van der Waals surface area contributed by atoms with Crippen LogP contribution < -0.4 is 14.8 Å². The van der Waals surface area contributed by atoms with Gasteiger partial charge in [-0.3, -0.25) is 9.59 Å². The number of anilines is 1. The maximum Gasteiger partial charge on any atom is 0.262 e. The number of nitrogens with one attached hydrogen (secondary N) is 1. The Morgan fingerprint density at radius 3 is 2.77 bits per heavy atom. The SMILES string of the molecule is O=C1COc2ccc(OCC(=O)N3CCCCCC3)cc2N1. The highest BCUT2D eigenvalue weighted by atomic mass is 16.5. The largest absolute Gasteiger partial charge is 0.484 e. The Hall–Kier alpha value is -2.24. The van der Waals surface area contributed by atoms with Crippen LogP contribution in [-0.2, 0) is 9.59 Å². The molecule has 0 saturated carbocycles. The minimum absolute atomic E-state index is 0.0138. The molecule has 2 aliphatic rings. The van der Waals surface area contributed by atoms with Crippen LogP contribution in [0.15, 0.2) is 18.2 Å². The molecular weight excluding hydrogens is 284 g/mol. The first-order valence-corrected chi connectivity index (χ1v) is 7.70. The van der Waals surface area contributed by atoms with Crippen molar-refractivity contribution in [3.63, 3.8) is 0 Å². The van der Waals surface area contributed by atoms with Crippen molar-refractivity contribution in [2.45, 2.75) is 25.7 Å². The van der Waals surface area contributed by atoms with Gasteiger partial charge in [-0.1, -0.05) is 12.8 Å². The van der Waals surface area contributed by atoms with E-state index in [4.69, 9.17) is 9.47 Å². The van der Waals surface area contributed by atoms with E-state index in [1.54, 1.807) is 18.2 Å². The third-order valence-corrected chi connectivity index (χ3v) is 3.90. The first kappa shape index (κ1) is 14.7. The molecule has 6 nitrogen and oxygen atoms in total. The molecule has 1 aromatic rings. The maximum atomic E-state index is 12.2. The summed E-state index contributed by atoms with van der Waals surface area (Å²) in [6, 6.07) is 5.16. The quantitative estimate of drug-likeness (QED) is 0.924. The highest BCUT2D eigenvalue weighted by molar-refractivity contribution is 5.95. The van der Waals surface area contributed by atoms with Crippen LogP contribution in [0.2, 0.25) is 0 Å². The van der Waals surface area contributed by atoms with Gasteiger partial charge in [0.25, 0.3) is 11.8 Å². The van der Waals surface area contributed by atoms with Gasteiger partial charge in [-0.05, 0) is 25.0 Å². The van der Waals surface area contributed by atoms with E-state index in [1.807, 2.05) is 4.90 Å². The van der Waals surface area contributed by atoms with E-state index in [0.29, 0.717) is 17.2 Å². The molecule has 1 aromatic carbocycles. The molecule has 6 heteroatoms. The number of benzene rings is 1.